The monoisotopic (exact) mass is 505 g/mol. The molecular formula is C22H23ClF3NO5S. The average Bonchev–Trinajstić information content (AvgIpc) is 3.20. The Morgan fingerprint density at radius 1 is 1.21 bits per heavy atom. The summed E-state index contributed by atoms with van der Waals surface area (Å²) in [7, 11) is -3.69. The molecule has 2 aromatic carbocycles. The number of likely N-dealkylation sites (tertiary alicyclic amines) is 1. The van der Waals surface area contributed by atoms with Gasteiger partial charge in [0.05, 0.1) is 17.1 Å². The van der Waals surface area contributed by atoms with Crippen LogP contribution in [0.2, 0.25) is 5.02 Å². The summed E-state index contributed by atoms with van der Waals surface area (Å²) in [5.74, 6) is -0.292. The molecule has 0 spiro atoms. The largest absolute Gasteiger partial charge is 0.493 e. The Labute approximate surface area is 195 Å². The van der Waals surface area contributed by atoms with E-state index in [2.05, 4.69) is 0 Å². The fourth-order valence-corrected chi connectivity index (χ4v) is 4.11. The van der Waals surface area contributed by atoms with E-state index in [0.29, 0.717) is 36.9 Å². The highest BCUT2D eigenvalue weighted by atomic mass is 35.5. The molecule has 0 aromatic heterocycles. The van der Waals surface area contributed by atoms with E-state index >= 15 is 0 Å². The van der Waals surface area contributed by atoms with Crippen molar-refractivity contribution in [1.82, 2.24) is 4.90 Å². The maximum absolute atomic E-state index is 13.1. The third kappa shape index (κ3) is 6.54. The molecule has 33 heavy (non-hydrogen) atoms. The summed E-state index contributed by atoms with van der Waals surface area (Å²) in [5, 5.41) is 0.578. The molecule has 0 N–H and O–H groups in total. The van der Waals surface area contributed by atoms with E-state index in [-0.39, 0.29) is 22.1 Å². The molecule has 0 bridgehead atoms. The Balaban J connectivity index is 1.76. The summed E-state index contributed by atoms with van der Waals surface area (Å²) < 4.78 is 73.6. The van der Waals surface area contributed by atoms with E-state index in [0.717, 1.165) is 31.4 Å². The van der Waals surface area contributed by atoms with E-state index in [1.54, 1.807) is 24.3 Å². The Bertz CT molecular complexity index is 1110. The van der Waals surface area contributed by atoms with Gasteiger partial charge in [-0.25, -0.2) is 8.42 Å². The quantitative estimate of drug-likeness (QED) is 0.549. The minimum Gasteiger partial charge on any atom is -0.493 e. The molecule has 1 heterocycles. The van der Waals surface area contributed by atoms with Crippen LogP contribution in [0.1, 0.15) is 23.7 Å². The first-order valence-corrected chi connectivity index (χ1v) is 12.4. The average molecular weight is 506 g/mol. The van der Waals surface area contributed by atoms with Crippen molar-refractivity contribution in [3.05, 3.63) is 53.1 Å². The fourth-order valence-electron chi connectivity index (χ4n) is 3.34. The lowest BCUT2D eigenvalue weighted by Gasteiger charge is -2.22. The Kier molecular flexibility index (Phi) is 7.48. The van der Waals surface area contributed by atoms with Crippen molar-refractivity contribution in [2.75, 3.05) is 26.0 Å². The number of ether oxygens (including phenoxy) is 2. The van der Waals surface area contributed by atoms with Crippen LogP contribution in [-0.2, 0) is 9.84 Å². The summed E-state index contributed by atoms with van der Waals surface area (Å²) in [6, 6.07) is 10.1. The third-order valence-corrected chi connectivity index (χ3v) is 6.61. The molecule has 1 fully saturated rings. The van der Waals surface area contributed by atoms with Crippen LogP contribution in [0.25, 0.3) is 0 Å². The first kappa shape index (κ1) is 25.2. The molecule has 2 atom stereocenters. The molecule has 2 aromatic rings. The number of sulfone groups is 1. The topological polar surface area (TPSA) is 72.9 Å². The molecular weight excluding hydrogens is 483 g/mol. The first-order chi connectivity index (χ1) is 15.3. The van der Waals surface area contributed by atoms with Crippen molar-refractivity contribution in [2.45, 2.75) is 30.5 Å². The van der Waals surface area contributed by atoms with Gasteiger partial charge in [-0.05, 0) is 55.8 Å². The first-order valence-electron chi connectivity index (χ1n) is 10.1. The summed E-state index contributed by atoms with van der Waals surface area (Å²) in [6.07, 6.45) is -5.24. The van der Waals surface area contributed by atoms with Crippen LogP contribution < -0.4 is 9.47 Å². The van der Waals surface area contributed by atoms with E-state index in [9.17, 15) is 26.4 Å². The zero-order valence-electron chi connectivity index (χ0n) is 17.9. The summed E-state index contributed by atoms with van der Waals surface area (Å²) in [4.78, 5) is 14.4. The van der Waals surface area contributed by atoms with Crippen LogP contribution in [0.4, 0.5) is 13.2 Å². The third-order valence-electron chi connectivity index (χ3n) is 5.25. The van der Waals surface area contributed by atoms with Crippen LogP contribution in [0.5, 0.6) is 11.5 Å². The van der Waals surface area contributed by atoms with Gasteiger partial charge in [0.2, 0.25) is 0 Å². The molecule has 11 heteroatoms. The van der Waals surface area contributed by atoms with Crippen LogP contribution >= 0.6 is 11.6 Å². The lowest BCUT2D eigenvalue weighted by Crippen LogP contribution is -2.33. The second-order valence-electron chi connectivity index (χ2n) is 7.90. The summed E-state index contributed by atoms with van der Waals surface area (Å²) >= 11 is 5.85. The van der Waals surface area contributed by atoms with Gasteiger partial charge in [-0.1, -0.05) is 11.6 Å². The number of benzene rings is 2. The van der Waals surface area contributed by atoms with Gasteiger partial charge in [0.1, 0.15) is 11.5 Å². The fraction of sp³-hybridized carbons (Fsp3) is 0.409. The lowest BCUT2D eigenvalue weighted by molar-refractivity contribution is -0.189. The lowest BCUT2D eigenvalue weighted by atomic mass is 10.1. The molecule has 0 aliphatic carbocycles. The number of carbonyl (C=O) groups is 1. The second kappa shape index (κ2) is 9.80. The van der Waals surface area contributed by atoms with Gasteiger partial charge in [-0.2, -0.15) is 13.2 Å². The van der Waals surface area contributed by atoms with Gasteiger partial charge >= 0.3 is 6.18 Å². The molecule has 0 radical (unpaired) electrons. The summed E-state index contributed by atoms with van der Waals surface area (Å²) in [6.45, 7) is 1.82. The Morgan fingerprint density at radius 3 is 2.48 bits per heavy atom. The van der Waals surface area contributed by atoms with Gasteiger partial charge in [0.25, 0.3) is 5.91 Å². The number of rotatable bonds is 7. The van der Waals surface area contributed by atoms with E-state index in [1.807, 2.05) is 0 Å². The van der Waals surface area contributed by atoms with Crippen LogP contribution in [0.15, 0.2) is 47.4 Å². The molecule has 1 amide bonds. The zero-order chi connectivity index (χ0) is 24.4. The maximum atomic E-state index is 13.1. The molecule has 6 nitrogen and oxygen atoms in total. The highest BCUT2D eigenvalue weighted by Gasteiger charge is 2.39. The predicted octanol–water partition coefficient (Wildman–Crippen LogP) is 4.61. The molecule has 1 saturated heterocycles. The smallest absolute Gasteiger partial charge is 0.425 e. The number of halogens is 4. The highest BCUT2D eigenvalue weighted by molar-refractivity contribution is 7.90. The van der Waals surface area contributed by atoms with E-state index in [4.69, 9.17) is 21.1 Å². The Morgan fingerprint density at radius 2 is 1.88 bits per heavy atom. The normalized spacial score (nSPS) is 17.6. The van der Waals surface area contributed by atoms with Crippen molar-refractivity contribution in [3.8, 4) is 11.5 Å². The van der Waals surface area contributed by atoms with Crippen molar-refractivity contribution in [2.24, 2.45) is 5.92 Å². The van der Waals surface area contributed by atoms with Gasteiger partial charge in [0.15, 0.2) is 15.9 Å². The van der Waals surface area contributed by atoms with Gasteiger partial charge in [-0.15, -0.1) is 0 Å². The van der Waals surface area contributed by atoms with Gasteiger partial charge in [0, 0.05) is 30.3 Å². The van der Waals surface area contributed by atoms with E-state index in [1.165, 1.54) is 4.90 Å². The molecule has 3 rings (SSSR count). The maximum Gasteiger partial charge on any atom is 0.425 e. The zero-order valence-corrected chi connectivity index (χ0v) is 19.5. The molecule has 0 saturated carbocycles. The number of hydrogen-bond donors (Lipinski definition) is 0. The van der Waals surface area contributed by atoms with Gasteiger partial charge in [-0.3, -0.25) is 4.79 Å². The number of hydrogen-bond acceptors (Lipinski definition) is 5. The molecule has 180 valence electrons. The predicted molar refractivity (Wildman–Crippen MR) is 117 cm³/mol. The van der Waals surface area contributed by atoms with E-state index < -0.39 is 28.0 Å². The number of amides is 1. The standard InChI is InChI=1S/C22H23ClF3NO5S/c1-14(22(24,25)26)32-20-8-7-18(33(2,29)30)11-19(20)21(28)27-10-9-15(12-27)13-31-17-5-3-16(23)4-6-17/h3-8,11,14-15H,9-10,12-13H2,1-2H3/t14-,15?/m0/s1. The number of nitrogens with zero attached hydrogens (tertiary/aromatic N) is 1. The molecule has 1 aliphatic heterocycles. The Hall–Kier alpha value is -2.46. The van der Waals surface area contributed by atoms with Crippen molar-refractivity contribution < 1.29 is 35.9 Å². The SMILES string of the molecule is C[C@H](Oc1ccc(S(C)(=O)=O)cc1C(=O)N1CCC(COc2ccc(Cl)cc2)C1)C(F)(F)F. The van der Waals surface area contributed by atoms with Crippen molar-refractivity contribution in [1.29, 1.82) is 0 Å². The van der Waals surface area contributed by atoms with Crippen LogP contribution in [-0.4, -0.2) is 57.5 Å². The minimum atomic E-state index is -4.65. The minimum absolute atomic E-state index is 0.00110. The number of carbonyl (C=O) groups excluding carboxylic acids is 1. The van der Waals surface area contributed by atoms with Crippen LogP contribution in [0, 0.1) is 5.92 Å². The van der Waals surface area contributed by atoms with Gasteiger partial charge < -0.3 is 14.4 Å². The number of alkyl halides is 3. The van der Waals surface area contributed by atoms with Crippen molar-refractivity contribution in [3.63, 3.8) is 0 Å². The molecule has 1 aliphatic rings. The molecule has 1 unspecified atom stereocenters. The van der Waals surface area contributed by atoms with Crippen LogP contribution in [0.3, 0.4) is 0 Å². The highest BCUT2D eigenvalue weighted by Crippen LogP contribution is 2.31. The second-order valence-corrected chi connectivity index (χ2v) is 10.4. The van der Waals surface area contributed by atoms with Crippen molar-refractivity contribution >= 4 is 27.3 Å². The summed E-state index contributed by atoms with van der Waals surface area (Å²) in [5.41, 5.74) is -0.228.